The Balaban J connectivity index is 2.19. The average Bonchev–Trinajstić information content (AvgIpc) is 2.26. The zero-order valence-corrected chi connectivity index (χ0v) is 10.8. The second-order valence-electron chi connectivity index (χ2n) is 4.51. The Morgan fingerprint density at radius 3 is 2.80 bits per heavy atom. The van der Waals surface area contributed by atoms with Gasteiger partial charge in [-0.1, -0.05) is 26.2 Å². The number of ether oxygens (including phenoxy) is 1. The molecule has 0 amide bonds. The molecule has 0 bridgehead atoms. The van der Waals surface area contributed by atoms with Crippen LogP contribution in [0.2, 0.25) is 0 Å². The van der Waals surface area contributed by atoms with Crippen molar-refractivity contribution in [3.63, 3.8) is 0 Å². The number of nitrogens with zero attached hydrogens (tertiary/aromatic N) is 1. The topological polar surface area (TPSA) is 12.5 Å². The standard InChI is InChI=1S/C12H24ClNO/c1-3-4-5-6-7-14-9-12(8-13)15-10-11(14)2/h11-12H,3-10H2,1-2H3. The highest BCUT2D eigenvalue weighted by Crippen LogP contribution is 2.14. The molecule has 0 N–H and O–H groups in total. The second-order valence-corrected chi connectivity index (χ2v) is 4.82. The van der Waals surface area contributed by atoms with Crippen molar-refractivity contribution in [3.05, 3.63) is 0 Å². The summed E-state index contributed by atoms with van der Waals surface area (Å²) < 4.78 is 5.62. The molecular formula is C12H24ClNO. The molecule has 0 spiro atoms. The highest BCUT2D eigenvalue weighted by atomic mass is 35.5. The lowest BCUT2D eigenvalue weighted by Gasteiger charge is -2.37. The summed E-state index contributed by atoms with van der Waals surface area (Å²) in [6.07, 6.45) is 5.58. The van der Waals surface area contributed by atoms with Crippen molar-refractivity contribution in [2.45, 2.75) is 51.7 Å². The third-order valence-corrected chi connectivity index (χ3v) is 3.45. The first kappa shape index (κ1) is 13.3. The van der Waals surface area contributed by atoms with E-state index in [9.17, 15) is 0 Å². The van der Waals surface area contributed by atoms with E-state index in [2.05, 4.69) is 18.7 Å². The zero-order valence-electron chi connectivity index (χ0n) is 10.0. The molecule has 3 heteroatoms. The first-order valence-corrected chi connectivity index (χ1v) is 6.73. The highest BCUT2D eigenvalue weighted by molar-refractivity contribution is 6.18. The van der Waals surface area contributed by atoms with Gasteiger partial charge in [0.05, 0.1) is 12.7 Å². The monoisotopic (exact) mass is 233 g/mol. The molecule has 1 heterocycles. The molecule has 0 aromatic carbocycles. The molecule has 0 aliphatic carbocycles. The van der Waals surface area contributed by atoms with E-state index in [-0.39, 0.29) is 6.10 Å². The average molecular weight is 234 g/mol. The molecule has 0 aromatic heterocycles. The quantitative estimate of drug-likeness (QED) is 0.517. The first-order valence-electron chi connectivity index (χ1n) is 6.19. The Morgan fingerprint density at radius 2 is 2.13 bits per heavy atom. The fraction of sp³-hybridized carbons (Fsp3) is 1.00. The third-order valence-electron chi connectivity index (χ3n) is 3.11. The van der Waals surface area contributed by atoms with Crippen LogP contribution in [-0.2, 0) is 4.74 Å². The second kappa shape index (κ2) is 7.48. The van der Waals surface area contributed by atoms with Gasteiger partial charge < -0.3 is 4.74 Å². The van der Waals surface area contributed by atoms with Gasteiger partial charge in [-0.15, -0.1) is 11.6 Å². The maximum atomic E-state index is 5.83. The number of hydrogen-bond donors (Lipinski definition) is 0. The van der Waals surface area contributed by atoms with Gasteiger partial charge in [-0.25, -0.2) is 0 Å². The maximum Gasteiger partial charge on any atom is 0.0837 e. The van der Waals surface area contributed by atoms with E-state index in [1.165, 1.54) is 32.2 Å². The van der Waals surface area contributed by atoms with Crippen molar-refractivity contribution in [2.24, 2.45) is 0 Å². The van der Waals surface area contributed by atoms with Crippen LogP contribution in [0.3, 0.4) is 0 Å². The van der Waals surface area contributed by atoms with Crippen LogP contribution < -0.4 is 0 Å². The van der Waals surface area contributed by atoms with Gasteiger partial charge >= 0.3 is 0 Å². The summed E-state index contributed by atoms with van der Waals surface area (Å²) in [5, 5.41) is 0. The van der Waals surface area contributed by atoms with Crippen molar-refractivity contribution in [1.82, 2.24) is 4.90 Å². The Morgan fingerprint density at radius 1 is 1.33 bits per heavy atom. The number of morpholine rings is 1. The summed E-state index contributed by atoms with van der Waals surface area (Å²) in [6.45, 7) is 7.55. The number of alkyl halides is 1. The number of rotatable bonds is 6. The molecule has 0 saturated carbocycles. The van der Waals surface area contributed by atoms with Gasteiger partial charge in [0.2, 0.25) is 0 Å². The Hall–Kier alpha value is 0.210. The molecule has 0 aromatic rings. The minimum Gasteiger partial charge on any atom is -0.374 e. The fourth-order valence-electron chi connectivity index (χ4n) is 2.02. The lowest BCUT2D eigenvalue weighted by atomic mass is 10.1. The summed E-state index contributed by atoms with van der Waals surface area (Å²) in [7, 11) is 0. The zero-order chi connectivity index (χ0) is 11.1. The summed E-state index contributed by atoms with van der Waals surface area (Å²) in [6, 6.07) is 0.561. The van der Waals surface area contributed by atoms with Gasteiger partial charge in [0.25, 0.3) is 0 Å². The Labute approximate surface area is 98.9 Å². The molecule has 1 aliphatic rings. The lowest BCUT2D eigenvalue weighted by Crippen LogP contribution is -2.49. The van der Waals surface area contributed by atoms with E-state index in [0.29, 0.717) is 11.9 Å². The van der Waals surface area contributed by atoms with Crippen LogP contribution in [0.1, 0.15) is 39.5 Å². The van der Waals surface area contributed by atoms with Crippen LogP contribution in [0, 0.1) is 0 Å². The summed E-state index contributed by atoms with van der Waals surface area (Å²) in [5.41, 5.74) is 0. The van der Waals surface area contributed by atoms with E-state index in [1.54, 1.807) is 0 Å². The van der Waals surface area contributed by atoms with Gasteiger partial charge in [0.15, 0.2) is 0 Å². The van der Waals surface area contributed by atoms with Crippen LogP contribution in [-0.4, -0.2) is 42.6 Å². The largest absolute Gasteiger partial charge is 0.374 e. The SMILES string of the molecule is CCCCCCN1CC(CCl)OCC1C. The molecule has 1 aliphatic heterocycles. The van der Waals surface area contributed by atoms with Crippen LogP contribution in [0.15, 0.2) is 0 Å². The normalized spacial score (nSPS) is 28.2. The summed E-state index contributed by atoms with van der Waals surface area (Å²) in [5.74, 6) is 0.623. The number of unbranched alkanes of at least 4 members (excludes halogenated alkanes) is 3. The van der Waals surface area contributed by atoms with Gasteiger partial charge in [0.1, 0.15) is 0 Å². The predicted molar refractivity (Wildman–Crippen MR) is 65.6 cm³/mol. The molecule has 2 nitrogen and oxygen atoms in total. The van der Waals surface area contributed by atoms with Crippen molar-refractivity contribution in [1.29, 1.82) is 0 Å². The highest BCUT2D eigenvalue weighted by Gasteiger charge is 2.24. The Bertz CT molecular complexity index is 166. The summed E-state index contributed by atoms with van der Waals surface area (Å²) in [4.78, 5) is 2.52. The van der Waals surface area contributed by atoms with E-state index in [1.807, 2.05) is 0 Å². The minimum absolute atomic E-state index is 0.244. The van der Waals surface area contributed by atoms with Crippen LogP contribution in [0.4, 0.5) is 0 Å². The third kappa shape index (κ3) is 4.71. The molecule has 2 atom stereocenters. The fourth-order valence-corrected chi connectivity index (χ4v) is 2.21. The smallest absolute Gasteiger partial charge is 0.0837 e. The summed E-state index contributed by atoms with van der Waals surface area (Å²) >= 11 is 5.83. The predicted octanol–water partition coefficient (Wildman–Crippen LogP) is 2.89. The van der Waals surface area contributed by atoms with Gasteiger partial charge in [-0.05, 0) is 19.9 Å². The minimum atomic E-state index is 0.244. The molecule has 90 valence electrons. The van der Waals surface area contributed by atoms with Gasteiger partial charge in [0, 0.05) is 18.5 Å². The Kier molecular flexibility index (Phi) is 6.62. The molecule has 1 fully saturated rings. The molecule has 2 unspecified atom stereocenters. The maximum absolute atomic E-state index is 5.83. The van der Waals surface area contributed by atoms with Crippen LogP contribution in [0.5, 0.6) is 0 Å². The lowest BCUT2D eigenvalue weighted by molar-refractivity contribution is -0.0480. The number of halogens is 1. The van der Waals surface area contributed by atoms with Crippen LogP contribution >= 0.6 is 11.6 Å². The van der Waals surface area contributed by atoms with E-state index >= 15 is 0 Å². The van der Waals surface area contributed by atoms with Crippen molar-refractivity contribution >= 4 is 11.6 Å². The first-order chi connectivity index (χ1) is 7.27. The number of hydrogen-bond acceptors (Lipinski definition) is 2. The molecule has 1 rings (SSSR count). The van der Waals surface area contributed by atoms with Gasteiger partial charge in [-0.2, -0.15) is 0 Å². The van der Waals surface area contributed by atoms with E-state index in [0.717, 1.165) is 13.2 Å². The van der Waals surface area contributed by atoms with Crippen molar-refractivity contribution in [3.8, 4) is 0 Å². The molecule has 0 radical (unpaired) electrons. The van der Waals surface area contributed by atoms with Crippen LogP contribution in [0.25, 0.3) is 0 Å². The van der Waals surface area contributed by atoms with E-state index in [4.69, 9.17) is 16.3 Å². The van der Waals surface area contributed by atoms with Crippen molar-refractivity contribution < 1.29 is 4.74 Å². The molecule has 15 heavy (non-hydrogen) atoms. The van der Waals surface area contributed by atoms with Gasteiger partial charge in [-0.3, -0.25) is 4.90 Å². The molecular weight excluding hydrogens is 210 g/mol. The van der Waals surface area contributed by atoms with E-state index < -0.39 is 0 Å². The molecule has 1 saturated heterocycles. The van der Waals surface area contributed by atoms with Crippen molar-refractivity contribution in [2.75, 3.05) is 25.6 Å².